The average Bonchev–Trinajstić information content (AvgIpc) is 3.14. The van der Waals surface area contributed by atoms with Gasteiger partial charge in [-0.05, 0) is 23.1 Å². The van der Waals surface area contributed by atoms with Crippen molar-refractivity contribution in [2.45, 2.75) is 39.2 Å². The SMILES string of the molecule is CC(C)(C)c1ccc(C(=O)N2CCc3nc(NC(=O)c4cnccn4)sc3C2)cc1. The molecular weight excluding hydrogens is 398 g/mol. The number of anilines is 1. The fourth-order valence-electron chi connectivity index (χ4n) is 3.30. The van der Waals surface area contributed by atoms with Gasteiger partial charge in [-0.2, -0.15) is 0 Å². The van der Waals surface area contributed by atoms with Crippen LogP contribution in [0.2, 0.25) is 0 Å². The van der Waals surface area contributed by atoms with Crippen LogP contribution in [0.15, 0.2) is 42.9 Å². The van der Waals surface area contributed by atoms with Crippen LogP contribution in [-0.2, 0) is 18.4 Å². The fourth-order valence-corrected chi connectivity index (χ4v) is 4.31. The minimum Gasteiger partial charge on any atom is -0.333 e. The molecule has 154 valence electrons. The van der Waals surface area contributed by atoms with Crippen molar-refractivity contribution in [1.82, 2.24) is 19.9 Å². The van der Waals surface area contributed by atoms with Crippen LogP contribution < -0.4 is 5.32 Å². The lowest BCUT2D eigenvalue weighted by Gasteiger charge is -2.26. The Morgan fingerprint density at radius 1 is 1.13 bits per heavy atom. The summed E-state index contributed by atoms with van der Waals surface area (Å²) in [6.45, 7) is 7.56. The van der Waals surface area contributed by atoms with Crippen molar-refractivity contribution in [1.29, 1.82) is 0 Å². The minimum absolute atomic E-state index is 0.0136. The molecular formula is C22H23N5O2S. The van der Waals surface area contributed by atoms with Gasteiger partial charge >= 0.3 is 0 Å². The summed E-state index contributed by atoms with van der Waals surface area (Å²) in [6.07, 6.45) is 5.06. The number of nitrogens with zero attached hydrogens (tertiary/aromatic N) is 4. The number of nitrogens with one attached hydrogen (secondary N) is 1. The maximum atomic E-state index is 13.0. The first-order valence-electron chi connectivity index (χ1n) is 9.77. The second-order valence-corrected chi connectivity index (χ2v) is 9.32. The molecule has 0 unspecified atom stereocenters. The van der Waals surface area contributed by atoms with E-state index < -0.39 is 0 Å². The predicted molar refractivity (Wildman–Crippen MR) is 116 cm³/mol. The van der Waals surface area contributed by atoms with E-state index in [9.17, 15) is 9.59 Å². The van der Waals surface area contributed by atoms with E-state index in [1.807, 2.05) is 29.2 Å². The van der Waals surface area contributed by atoms with Crippen LogP contribution in [0.1, 0.15) is 57.8 Å². The smallest absolute Gasteiger partial charge is 0.277 e. The first-order chi connectivity index (χ1) is 14.3. The zero-order valence-electron chi connectivity index (χ0n) is 17.2. The molecule has 0 atom stereocenters. The van der Waals surface area contributed by atoms with Gasteiger partial charge in [0.2, 0.25) is 0 Å². The van der Waals surface area contributed by atoms with Gasteiger partial charge in [-0.25, -0.2) is 9.97 Å². The molecule has 1 aliphatic heterocycles. The average molecular weight is 422 g/mol. The van der Waals surface area contributed by atoms with Crippen molar-refractivity contribution < 1.29 is 9.59 Å². The van der Waals surface area contributed by atoms with E-state index in [-0.39, 0.29) is 22.9 Å². The molecule has 3 aromatic rings. The van der Waals surface area contributed by atoms with Crippen molar-refractivity contribution in [3.05, 3.63) is 70.2 Å². The molecule has 0 saturated heterocycles. The van der Waals surface area contributed by atoms with Crippen molar-refractivity contribution in [3.8, 4) is 0 Å². The number of benzene rings is 1. The third-order valence-electron chi connectivity index (χ3n) is 5.03. The van der Waals surface area contributed by atoms with Crippen LogP contribution >= 0.6 is 11.3 Å². The van der Waals surface area contributed by atoms with Gasteiger partial charge in [-0.15, -0.1) is 0 Å². The van der Waals surface area contributed by atoms with Gasteiger partial charge in [0.25, 0.3) is 11.8 Å². The Morgan fingerprint density at radius 3 is 2.57 bits per heavy atom. The van der Waals surface area contributed by atoms with Gasteiger partial charge in [-0.3, -0.25) is 19.9 Å². The Balaban J connectivity index is 1.45. The Kier molecular flexibility index (Phi) is 5.34. The summed E-state index contributed by atoms with van der Waals surface area (Å²) in [5.74, 6) is -0.333. The van der Waals surface area contributed by atoms with Gasteiger partial charge in [0.05, 0.1) is 18.4 Å². The lowest BCUT2D eigenvalue weighted by atomic mass is 9.86. The molecule has 3 heterocycles. The van der Waals surface area contributed by atoms with Crippen LogP contribution in [-0.4, -0.2) is 38.2 Å². The third kappa shape index (κ3) is 4.23. The molecule has 0 fully saturated rings. The van der Waals surface area contributed by atoms with E-state index in [1.54, 1.807) is 0 Å². The number of thiazole rings is 1. The zero-order chi connectivity index (χ0) is 21.3. The van der Waals surface area contributed by atoms with E-state index in [2.05, 4.69) is 41.0 Å². The standard InChI is InChI=1S/C22H23N5O2S/c1-22(2,3)15-6-4-14(5-7-15)20(29)27-11-8-16-18(13-27)30-21(25-16)26-19(28)17-12-23-9-10-24-17/h4-7,9-10,12H,8,11,13H2,1-3H3,(H,25,26,28). The van der Waals surface area contributed by atoms with Gasteiger partial charge in [0.1, 0.15) is 5.69 Å². The maximum absolute atomic E-state index is 13.0. The Bertz CT molecular complexity index is 1070. The van der Waals surface area contributed by atoms with Crippen LogP contribution in [0, 0.1) is 0 Å². The lowest BCUT2D eigenvalue weighted by Crippen LogP contribution is -2.35. The second-order valence-electron chi connectivity index (χ2n) is 8.24. The summed E-state index contributed by atoms with van der Waals surface area (Å²) in [6, 6.07) is 7.85. The molecule has 2 amide bonds. The Morgan fingerprint density at radius 2 is 1.90 bits per heavy atom. The molecule has 2 aromatic heterocycles. The molecule has 0 bridgehead atoms. The Hall–Kier alpha value is -3.13. The van der Waals surface area contributed by atoms with Crippen LogP contribution in [0.5, 0.6) is 0 Å². The van der Waals surface area contributed by atoms with Gasteiger partial charge in [-0.1, -0.05) is 44.2 Å². The van der Waals surface area contributed by atoms with E-state index in [1.165, 1.54) is 35.5 Å². The zero-order valence-corrected chi connectivity index (χ0v) is 18.0. The molecule has 0 radical (unpaired) electrons. The molecule has 1 aliphatic rings. The highest BCUT2D eigenvalue weighted by atomic mass is 32.1. The summed E-state index contributed by atoms with van der Waals surface area (Å²) in [5, 5.41) is 3.29. The molecule has 0 saturated carbocycles. The normalized spacial score (nSPS) is 13.6. The molecule has 8 heteroatoms. The number of rotatable bonds is 3. The van der Waals surface area contributed by atoms with Gasteiger partial charge in [0.15, 0.2) is 5.13 Å². The predicted octanol–water partition coefficient (Wildman–Crippen LogP) is 3.68. The van der Waals surface area contributed by atoms with Gasteiger partial charge < -0.3 is 4.90 Å². The number of carbonyl (C=O) groups excluding carboxylic acids is 2. The van der Waals surface area contributed by atoms with Crippen LogP contribution in [0.25, 0.3) is 0 Å². The summed E-state index contributed by atoms with van der Waals surface area (Å²) >= 11 is 1.40. The Labute approximate surface area is 179 Å². The van der Waals surface area contributed by atoms with Crippen molar-refractivity contribution in [3.63, 3.8) is 0 Å². The molecule has 1 aromatic carbocycles. The van der Waals surface area contributed by atoms with Crippen LogP contribution in [0.4, 0.5) is 5.13 Å². The van der Waals surface area contributed by atoms with Crippen LogP contribution in [0.3, 0.4) is 0 Å². The van der Waals surface area contributed by atoms with E-state index >= 15 is 0 Å². The largest absolute Gasteiger partial charge is 0.333 e. The second kappa shape index (κ2) is 7.95. The molecule has 0 aliphatic carbocycles. The number of aromatic nitrogens is 3. The molecule has 1 N–H and O–H groups in total. The monoisotopic (exact) mass is 421 g/mol. The van der Waals surface area contributed by atoms with Crippen molar-refractivity contribution >= 4 is 28.3 Å². The number of amides is 2. The minimum atomic E-state index is -0.346. The fraction of sp³-hybridized carbons (Fsp3) is 0.318. The summed E-state index contributed by atoms with van der Waals surface area (Å²) in [5.41, 5.74) is 3.11. The summed E-state index contributed by atoms with van der Waals surface area (Å²) < 4.78 is 0. The number of hydrogen-bond acceptors (Lipinski definition) is 6. The van der Waals surface area contributed by atoms with E-state index in [0.717, 1.165) is 10.6 Å². The quantitative estimate of drug-likeness (QED) is 0.697. The highest BCUT2D eigenvalue weighted by Crippen LogP contribution is 2.29. The summed E-state index contributed by atoms with van der Waals surface area (Å²) in [4.78, 5) is 40.5. The molecule has 30 heavy (non-hydrogen) atoms. The summed E-state index contributed by atoms with van der Waals surface area (Å²) in [7, 11) is 0. The van der Waals surface area contributed by atoms with Crippen molar-refractivity contribution in [2.75, 3.05) is 11.9 Å². The molecule has 0 spiro atoms. The molecule has 7 nitrogen and oxygen atoms in total. The van der Waals surface area contributed by atoms with Crippen molar-refractivity contribution in [2.24, 2.45) is 0 Å². The lowest BCUT2D eigenvalue weighted by molar-refractivity contribution is 0.0736. The van der Waals surface area contributed by atoms with E-state index in [0.29, 0.717) is 30.2 Å². The highest BCUT2D eigenvalue weighted by Gasteiger charge is 2.26. The maximum Gasteiger partial charge on any atom is 0.277 e. The number of fused-ring (bicyclic) bond motifs is 1. The van der Waals surface area contributed by atoms with E-state index in [4.69, 9.17) is 0 Å². The van der Waals surface area contributed by atoms with Gasteiger partial charge in [0, 0.05) is 35.8 Å². The third-order valence-corrected chi connectivity index (χ3v) is 6.03. The highest BCUT2D eigenvalue weighted by molar-refractivity contribution is 7.15. The topological polar surface area (TPSA) is 88.1 Å². The first kappa shape index (κ1) is 20.2. The molecule has 4 rings (SSSR count). The number of hydrogen-bond donors (Lipinski definition) is 1. The first-order valence-corrected chi connectivity index (χ1v) is 10.6. The number of carbonyl (C=O) groups is 2.